The SMILES string of the molecule is Cc1cc2c(cc1C(=O)N(C(C)C)[C@@H]1CC[C@H](CCNCC(F)(F)F)N(C(=O)O)C1)N(CCNC(=O)C(F)F)C(=O)C(C)(C)O2. The van der Waals surface area contributed by atoms with Crippen molar-refractivity contribution in [2.45, 2.75) is 90.2 Å². The van der Waals surface area contributed by atoms with Crippen LogP contribution in [0.25, 0.3) is 0 Å². The van der Waals surface area contributed by atoms with E-state index in [0.29, 0.717) is 18.4 Å². The number of carbonyl (C=O) groups is 4. The number of hydrogen-bond donors (Lipinski definition) is 3. The summed E-state index contributed by atoms with van der Waals surface area (Å²) in [5.41, 5.74) is -0.380. The van der Waals surface area contributed by atoms with E-state index in [0.717, 1.165) is 4.90 Å². The number of rotatable bonds is 11. The molecule has 0 unspecified atom stereocenters. The first-order valence-electron chi connectivity index (χ1n) is 14.6. The molecule has 0 bridgehead atoms. The summed E-state index contributed by atoms with van der Waals surface area (Å²) in [7, 11) is 0. The highest BCUT2D eigenvalue weighted by Gasteiger charge is 2.42. The van der Waals surface area contributed by atoms with Crippen molar-refractivity contribution in [1.82, 2.24) is 20.4 Å². The van der Waals surface area contributed by atoms with Crippen LogP contribution in [-0.4, -0.2) is 108 Å². The van der Waals surface area contributed by atoms with Gasteiger partial charge in [0.15, 0.2) is 5.60 Å². The third kappa shape index (κ3) is 8.73. The van der Waals surface area contributed by atoms with Gasteiger partial charge in [0.2, 0.25) is 0 Å². The van der Waals surface area contributed by atoms with Gasteiger partial charge in [-0.1, -0.05) is 0 Å². The highest BCUT2D eigenvalue weighted by atomic mass is 19.4. The number of anilines is 1. The number of fused-ring (bicyclic) bond motifs is 1. The average molecular weight is 650 g/mol. The van der Waals surface area contributed by atoms with Gasteiger partial charge in [-0.25, -0.2) is 4.79 Å². The number of alkyl halides is 5. The first-order valence-corrected chi connectivity index (χ1v) is 14.6. The zero-order chi connectivity index (χ0) is 33.9. The Morgan fingerprint density at radius 1 is 1.16 bits per heavy atom. The second kappa shape index (κ2) is 14.2. The number of benzene rings is 1. The molecule has 2 aliphatic heterocycles. The molecule has 16 heteroatoms. The summed E-state index contributed by atoms with van der Waals surface area (Å²) in [5.74, 6) is -2.15. The zero-order valence-corrected chi connectivity index (χ0v) is 25.8. The Hall–Kier alpha value is -3.69. The minimum Gasteiger partial charge on any atom is -0.476 e. The van der Waals surface area contributed by atoms with Crippen LogP contribution in [0.4, 0.5) is 32.4 Å². The van der Waals surface area contributed by atoms with Gasteiger partial charge in [-0.2, -0.15) is 22.0 Å². The molecule has 0 radical (unpaired) electrons. The van der Waals surface area contributed by atoms with Gasteiger partial charge in [-0.15, -0.1) is 0 Å². The number of amides is 4. The fourth-order valence-corrected chi connectivity index (χ4v) is 5.77. The van der Waals surface area contributed by atoms with Crippen molar-refractivity contribution in [1.29, 1.82) is 0 Å². The fourth-order valence-electron chi connectivity index (χ4n) is 5.77. The van der Waals surface area contributed by atoms with E-state index in [9.17, 15) is 46.2 Å². The summed E-state index contributed by atoms with van der Waals surface area (Å²) in [5, 5.41) is 14.3. The number of ether oxygens (including phenoxy) is 1. The summed E-state index contributed by atoms with van der Waals surface area (Å²) in [6.45, 7) is 6.61. The van der Waals surface area contributed by atoms with Gasteiger partial charge in [0, 0.05) is 37.3 Å². The summed E-state index contributed by atoms with van der Waals surface area (Å²) in [6, 6.07) is 1.61. The third-order valence-electron chi connectivity index (χ3n) is 7.88. The van der Waals surface area contributed by atoms with Gasteiger partial charge in [-0.3, -0.25) is 14.4 Å². The van der Waals surface area contributed by atoms with Crippen LogP contribution in [0.15, 0.2) is 12.1 Å². The van der Waals surface area contributed by atoms with E-state index in [-0.39, 0.29) is 55.6 Å². The summed E-state index contributed by atoms with van der Waals surface area (Å²) in [6.07, 6.45) is -7.93. The maximum atomic E-state index is 14.1. The van der Waals surface area contributed by atoms with Crippen molar-refractivity contribution >= 4 is 29.5 Å². The molecular weight excluding hydrogens is 609 g/mol. The van der Waals surface area contributed by atoms with Crippen LogP contribution in [0, 0.1) is 6.92 Å². The van der Waals surface area contributed by atoms with Crippen LogP contribution in [-0.2, 0) is 9.59 Å². The Kier molecular flexibility index (Phi) is 11.3. The summed E-state index contributed by atoms with van der Waals surface area (Å²) >= 11 is 0. The number of halogens is 5. The van der Waals surface area contributed by atoms with Crippen molar-refractivity contribution in [2.75, 3.05) is 37.6 Å². The van der Waals surface area contributed by atoms with Gasteiger partial charge in [0.25, 0.3) is 17.7 Å². The van der Waals surface area contributed by atoms with E-state index in [1.54, 1.807) is 31.7 Å². The van der Waals surface area contributed by atoms with Crippen molar-refractivity contribution in [3.05, 3.63) is 23.3 Å². The molecule has 252 valence electrons. The lowest BCUT2D eigenvalue weighted by atomic mass is 9.93. The molecule has 1 fully saturated rings. The predicted molar refractivity (Wildman–Crippen MR) is 154 cm³/mol. The topological polar surface area (TPSA) is 132 Å². The molecule has 0 aliphatic carbocycles. The molecule has 3 N–H and O–H groups in total. The zero-order valence-electron chi connectivity index (χ0n) is 25.8. The quantitative estimate of drug-likeness (QED) is 0.246. The average Bonchev–Trinajstić information content (AvgIpc) is 2.92. The molecule has 0 saturated carbocycles. The first kappa shape index (κ1) is 35.8. The standard InChI is InChI=1S/C29H40F5N5O6/c1-16(2)39(19-7-6-18(38(14-19)27(43)44)8-9-35-15-29(32,33)34)25(41)20-13-21-22(12-17(20)3)45-28(4,5)26(42)37(21)11-10-36-24(40)23(30)31/h12-13,16,18-19,23,35H,6-11,14-15H2,1-5H3,(H,36,40)(H,43,44)/t18-,19-/m1/s1. The maximum Gasteiger partial charge on any atom is 0.407 e. The molecule has 4 amide bonds. The lowest BCUT2D eigenvalue weighted by molar-refractivity contribution is -0.133. The van der Waals surface area contributed by atoms with E-state index in [1.165, 1.54) is 24.8 Å². The summed E-state index contributed by atoms with van der Waals surface area (Å²) < 4.78 is 68.8. The maximum absolute atomic E-state index is 14.1. The molecule has 0 spiro atoms. The van der Waals surface area contributed by atoms with Gasteiger partial charge in [0.05, 0.1) is 18.3 Å². The van der Waals surface area contributed by atoms with Crippen LogP contribution in [0.3, 0.4) is 0 Å². The van der Waals surface area contributed by atoms with Crippen LogP contribution in [0.1, 0.15) is 62.9 Å². The second-order valence-electron chi connectivity index (χ2n) is 12.0. The van der Waals surface area contributed by atoms with E-state index in [1.807, 2.05) is 0 Å². The molecule has 2 atom stereocenters. The van der Waals surface area contributed by atoms with Gasteiger partial charge in [-0.05, 0) is 78.1 Å². The Labute approximate surface area is 258 Å². The number of hydrogen-bond acceptors (Lipinski definition) is 6. The van der Waals surface area contributed by atoms with Crippen LogP contribution >= 0.6 is 0 Å². The Bertz CT molecular complexity index is 1270. The van der Waals surface area contributed by atoms with E-state index in [4.69, 9.17) is 4.74 Å². The van der Waals surface area contributed by atoms with Crippen molar-refractivity contribution in [2.24, 2.45) is 0 Å². The van der Waals surface area contributed by atoms with Crippen LogP contribution in [0.5, 0.6) is 5.75 Å². The molecule has 1 saturated heterocycles. The van der Waals surface area contributed by atoms with Crippen molar-refractivity contribution in [3.8, 4) is 5.75 Å². The Morgan fingerprint density at radius 3 is 2.40 bits per heavy atom. The minimum atomic E-state index is -4.38. The molecule has 1 aromatic carbocycles. The second-order valence-corrected chi connectivity index (χ2v) is 12.0. The van der Waals surface area contributed by atoms with E-state index >= 15 is 0 Å². The number of carbonyl (C=O) groups excluding carboxylic acids is 3. The van der Waals surface area contributed by atoms with Crippen LogP contribution < -0.4 is 20.3 Å². The number of carboxylic acid groups (broad SMARTS) is 1. The highest BCUT2D eigenvalue weighted by molar-refractivity contribution is 6.05. The van der Waals surface area contributed by atoms with Crippen LogP contribution in [0.2, 0.25) is 0 Å². The number of piperidine rings is 1. The lowest BCUT2D eigenvalue weighted by Gasteiger charge is -2.44. The number of aryl methyl sites for hydroxylation is 1. The third-order valence-corrected chi connectivity index (χ3v) is 7.88. The minimum absolute atomic E-state index is 0.0281. The lowest BCUT2D eigenvalue weighted by Crippen LogP contribution is -2.57. The molecular formula is C29H40F5N5O6. The number of likely N-dealkylation sites (tertiary alicyclic amines) is 1. The smallest absolute Gasteiger partial charge is 0.407 e. The molecule has 3 rings (SSSR count). The normalized spacial score (nSPS) is 19.8. The van der Waals surface area contributed by atoms with E-state index < -0.39 is 60.6 Å². The first-order chi connectivity index (χ1) is 20.8. The fraction of sp³-hybridized carbons (Fsp3) is 0.655. The molecule has 11 nitrogen and oxygen atoms in total. The van der Waals surface area contributed by atoms with Crippen molar-refractivity contribution in [3.63, 3.8) is 0 Å². The largest absolute Gasteiger partial charge is 0.476 e. The van der Waals surface area contributed by atoms with Crippen molar-refractivity contribution < 1.29 is 51.0 Å². The van der Waals surface area contributed by atoms with Gasteiger partial charge < -0.3 is 35.2 Å². The summed E-state index contributed by atoms with van der Waals surface area (Å²) in [4.78, 5) is 54.9. The Balaban J connectivity index is 1.85. The monoisotopic (exact) mass is 649 g/mol. The molecule has 2 aliphatic rings. The molecule has 45 heavy (non-hydrogen) atoms. The number of nitrogens with one attached hydrogen (secondary N) is 2. The van der Waals surface area contributed by atoms with Gasteiger partial charge in [0.1, 0.15) is 5.75 Å². The molecule has 1 aromatic rings. The van der Waals surface area contributed by atoms with E-state index in [2.05, 4.69) is 10.6 Å². The van der Waals surface area contributed by atoms with Gasteiger partial charge >= 0.3 is 18.7 Å². The molecule has 0 aromatic heterocycles. The number of nitrogens with zero attached hydrogens (tertiary/aromatic N) is 3. The predicted octanol–water partition coefficient (Wildman–Crippen LogP) is 3.78. The highest BCUT2D eigenvalue weighted by Crippen LogP contribution is 2.40. The molecule has 2 heterocycles. The Morgan fingerprint density at radius 2 is 1.82 bits per heavy atom.